The molecule has 2 aromatic heterocycles. The van der Waals surface area contributed by atoms with Crippen molar-refractivity contribution in [3.8, 4) is 0 Å². The molecule has 0 bridgehead atoms. The van der Waals surface area contributed by atoms with E-state index in [0.29, 0.717) is 17.2 Å². The summed E-state index contributed by atoms with van der Waals surface area (Å²) in [6.45, 7) is 2.35. The zero-order chi connectivity index (χ0) is 18.8. The molecule has 0 aliphatic rings. The molecule has 2 aromatic carbocycles. The third kappa shape index (κ3) is 3.63. The van der Waals surface area contributed by atoms with Crippen LogP contribution in [0.1, 0.15) is 21.7 Å². The van der Waals surface area contributed by atoms with Crippen LogP contribution in [-0.2, 0) is 6.54 Å². The maximum atomic E-state index is 13.3. The first kappa shape index (κ1) is 17.8. The number of fused-ring (bicyclic) bond motifs is 1. The fourth-order valence-electron chi connectivity index (χ4n) is 2.83. The van der Waals surface area contributed by atoms with E-state index in [4.69, 9.17) is 9.40 Å². The van der Waals surface area contributed by atoms with Crippen molar-refractivity contribution in [2.24, 2.45) is 0 Å². The molecule has 6 heteroatoms. The van der Waals surface area contributed by atoms with Crippen LogP contribution in [0.25, 0.3) is 10.2 Å². The predicted molar refractivity (Wildman–Crippen MR) is 112 cm³/mol. The van der Waals surface area contributed by atoms with Gasteiger partial charge in [0.15, 0.2) is 5.13 Å². The molecule has 0 radical (unpaired) electrons. The topological polar surface area (TPSA) is 46.3 Å². The van der Waals surface area contributed by atoms with Gasteiger partial charge in [-0.25, -0.2) is 4.98 Å². The average molecular weight is 395 g/mol. The second kappa shape index (κ2) is 7.58. The van der Waals surface area contributed by atoms with Crippen LogP contribution in [0.3, 0.4) is 0 Å². The minimum absolute atomic E-state index is 0.0869. The normalized spacial score (nSPS) is 11.0. The highest BCUT2D eigenvalue weighted by atomic mass is 32.2. The van der Waals surface area contributed by atoms with Gasteiger partial charge in [-0.15, -0.1) is 11.8 Å². The Morgan fingerprint density at radius 2 is 1.96 bits per heavy atom. The summed E-state index contributed by atoms with van der Waals surface area (Å²) in [7, 11) is 0. The van der Waals surface area contributed by atoms with E-state index in [-0.39, 0.29) is 5.91 Å². The maximum Gasteiger partial charge on any atom is 0.260 e. The second-order valence-electron chi connectivity index (χ2n) is 6.14. The molecule has 0 aliphatic heterocycles. The molecule has 0 N–H and O–H groups in total. The molecule has 0 aliphatic carbocycles. The van der Waals surface area contributed by atoms with Crippen molar-refractivity contribution < 1.29 is 9.21 Å². The summed E-state index contributed by atoms with van der Waals surface area (Å²) in [5.41, 5.74) is 2.69. The molecule has 27 heavy (non-hydrogen) atoms. The Morgan fingerprint density at radius 1 is 1.15 bits per heavy atom. The van der Waals surface area contributed by atoms with Gasteiger partial charge < -0.3 is 4.42 Å². The van der Waals surface area contributed by atoms with Gasteiger partial charge in [0.2, 0.25) is 0 Å². The molecule has 0 unspecified atom stereocenters. The number of aryl methyl sites for hydroxylation is 1. The van der Waals surface area contributed by atoms with E-state index in [9.17, 15) is 4.79 Å². The van der Waals surface area contributed by atoms with Crippen molar-refractivity contribution in [1.82, 2.24) is 4.98 Å². The number of nitrogens with zero attached hydrogens (tertiary/aromatic N) is 2. The lowest BCUT2D eigenvalue weighted by Crippen LogP contribution is -2.30. The Bertz CT molecular complexity index is 1070. The SMILES string of the molecule is CSc1cccc2sc(N(Cc3ccco3)C(=O)c3ccc(C)cc3)nc12. The quantitative estimate of drug-likeness (QED) is 0.403. The monoisotopic (exact) mass is 394 g/mol. The fraction of sp³-hybridized carbons (Fsp3) is 0.143. The van der Waals surface area contributed by atoms with Gasteiger partial charge in [-0.05, 0) is 49.6 Å². The Kier molecular flexibility index (Phi) is 5.01. The Hall–Kier alpha value is -2.57. The first-order valence-corrected chi connectivity index (χ1v) is 10.5. The molecular formula is C21H18N2O2S2. The summed E-state index contributed by atoms with van der Waals surface area (Å²) >= 11 is 3.18. The van der Waals surface area contributed by atoms with Gasteiger partial charge in [0.1, 0.15) is 5.76 Å². The summed E-state index contributed by atoms with van der Waals surface area (Å²) in [5, 5.41) is 0.675. The van der Waals surface area contributed by atoms with Crippen LogP contribution < -0.4 is 4.90 Å². The highest BCUT2D eigenvalue weighted by Gasteiger charge is 2.23. The summed E-state index contributed by atoms with van der Waals surface area (Å²) in [5.74, 6) is 0.635. The van der Waals surface area contributed by atoms with Crippen LogP contribution in [0.5, 0.6) is 0 Å². The number of rotatable bonds is 5. The number of hydrogen-bond acceptors (Lipinski definition) is 5. The number of thiazole rings is 1. The summed E-state index contributed by atoms with van der Waals surface area (Å²) in [6, 6.07) is 17.4. The zero-order valence-corrected chi connectivity index (χ0v) is 16.6. The van der Waals surface area contributed by atoms with E-state index in [0.717, 1.165) is 26.4 Å². The van der Waals surface area contributed by atoms with E-state index in [1.807, 2.05) is 61.7 Å². The number of anilines is 1. The number of amides is 1. The first-order valence-electron chi connectivity index (χ1n) is 8.50. The van der Waals surface area contributed by atoms with Crippen molar-refractivity contribution in [3.05, 3.63) is 77.7 Å². The maximum absolute atomic E-state index is 13.3. The lowest BCUT2D eigenvalue weighted by atomic mass is 10.1. The number of carbonyl (C=O) groups is 1. The van der Waals surface area contributed by atoms with Crippen molar-refractivity contribution in [3.63, 3.8) is 0 Å². The minimum Gasteiger partial charge on any atom is -0.467 e. The lowest BCUT2D eigenvalue weighted by Gasteiger charge is -2.19. The molecule has 4 nitrogen and oxygen atoms in total. The molecule has 0 spiro atoms. The summed E-state index contributed by atoms with van der Waals surface area (Å²) in [6.07, 6.45) is 3.65. The number of hydrogen-bond donors (Lipinski definition) is 0. The van der Waals surface area contributed by atoms with E-state index in [2.05, 4.69) is 6.07 Å². The number of para-hydroxylation sites is 1. The first-order chi connectivity index (χ1) is 13.2. The van der Waals surface area contributed by atoms with Crippen molar-refractivity contribution in [1.29, 1.82) is 0 Å². The third-order valence-electron chi connectivity index (χ3n) is 4.26. The molecule has 4 rings (SSSR count). The van der Waals surface area contributed by atoms with Crippen LogP contribution in [0.15, 0.2) is 70.2 Å². The number of benzene rings is 2. The Balaban J connectivity index is 1.78. The molecule has 1 amide bonds. The highest BCUT2D eigenvalue weighted by molar-refractivity contribution is 7.98. The average Bonchev–Trinajstić information content (AvgIpc) is 3.35. The van der Waals surface area contributed by atoms with Crippen molar-refractivity contribution in [2.45, 2.75) is 18.4 Å². The molecule has 0 fully saturated rings. The smallest absolute Gasteiger partial charge is 0.260 e. The van der Waals surface area contributed by atoms with Gasteiger partial charge in [-0.2, -0.15) is 0 Å². The van der Waals surface area contributed by atoms with E-state index >= 15 is 0 Å². The molecule has 4 aromatic rings. The van der Waals surface area contributed by atoms with Gasteiger partial charge in [0, 0.05) is 10.5 Å². The van der Waals surface area contributed by atoms with E-state index in [1.165, 1.54) is 11.3 Å². The number of furan rings is 1. The number of aromatic nitrogens is 1. The summed E-state index contributed by atoms with van der Waals surface area (Å²) in [4.78, 5) is 20.8. The molecule has 2 heterocycles. The standard InChI is InChI=1S/C21H18N2O2S2/c1-14-8-10-15(11-9-14)20(24)23(13-16-5-4-12-25-16)21-22-19-17(26-2)6-3-7-18(19)27-21/h3-12H,13H2,1-2H3. The second-order valence-corrected chi connectivity index (χ2v) is 8.00. The van der Waals surface area contributed by atoms with Gasteiger partial charge >= 0.3 is 0 Å². The number of thioether (sulfide) groups is 1. The van der Waals surface area contributed by atoms with Crippen LogP contribution in [0.4, 0.5) is 5.13 Å². The lowest BCUT2D eigenvalue weighted by molar-refractivity contribution is 0.0983. The van der Waals surface area contributed by atoms with E-state index < -0.39 is 0 Å². The highest BCUT2D eigenvalue weighted by Crippen LogP contribution is 2.35. The van der Waals surface area contributed by atoms with Gasteiger partial charge in [-0.1, -0.05) is 35.1 Å². The van der Waals surface area contributed by atoms with Gasteiger partial charge in [-0.3, -0.25) is 9.69 Å². The van der Waals surface area contributed by atoms with Crippen molar-refractivity contribution in [2.75, 3.05) is 11.2 Å². The summed E-state index contributed by atoms with van der Waals surface area (Å²) < 4.78 is 6.56. The van der Waals surface area contributed by atoms with Crippen molar-refractivity contribution >= 4 is 44.4 Å². The molecule has 0 saturated carbocycles. The third-order valence-corrected chi connectivity index (χ3v) is 6.07. The Morgan fingerprint density at radius 3 is 2.67 bits per heavy atom. The molecular weight excluding hydrogens is 376 g/mol. The van der Waals surface area contributed by atoms with Gasteiger partial charge in [0.05, 0.1) is 23.0 Å². The Labute approximate surface area is 165 Å². The predicted octanol–water partition coefficient (Wildman–Crippen LogP) is 5.77. The van der Waals surface area contributed by atoms with Crippen LogP contribution in [0.2, 0.25) is 0 Å². The molecule has 0 atom stereocenters. The van der Waals surface area contributed by atoms with Gasteiger partial charge in [0.25, 0.3) is 5.91 Å². The van der Waals surface area contributed by atoms with Crippen LogP contribution in [-0.4, -0.2) is 17.1 Å². The van der Waals surface area contributed by atoms with Crippen LogP contribution in [0, 0.1) is 6.92 Å². The zero-order valence-electron chi connectivity index (χ0n) is 15.0. The van der Waals surface area contributed by atoms with Crippen LogP contribution >= 0.6 is 23.1 Å². The minimum atomic E-state index is -0.0869. The molecule has 0 saturated heterocycles. The fourth-order valence-corrected chi connectivity index (χ4v) is 4.45. The number of carbonyl (C=O) groups excluding carboxylic acids is 1. The molecule has 136 valence electrons. The van der Waals surface area contributed by atoms with E-state index in [1.54, 1.807) is 22.9 Å². The largest absolute Gasteiger partial charge is 0.467 e.